The van der Waals surface area contributed by atoms with Crippen LogP contribution in [0.25, 0.3) is 0 Å². The lowest BCUT2D eigenvalue weighted by Crippen LogP contribution is -2.25. The van der Waals surface area contributed by atoms with Gasteiger partial charge in [-0.3, -0.25) is 25.7 Å². The van der Waals surface area contributed by atoms with Gasteiger partial charge in [0.15, 0.2) is 0 Å². The van der Waals surface area contributed by atoms with Crippen LogP contribution in [0.1, 0.15) is 6.42 Å². The minimum absolute atomic E-state index is 0.0332. The highest BCUT2D eigenvalue weighted by molar-refractivity contribution is 4.50. The summed E-state index contributed by atoms with van der Waals surface area (Å²) < 4.78 is 0. The van der Waals surface area contributed by atoms with Crippen LogP contribution in [0, 0.1) is 0 Å². The van der Waals surface area contributed by atoms with Crippen molar-refractivity contribution >= 4 is 0 Å². The topological polar surface area (TPSA) is 126 Å². The summed E-state index contributed by atoms with van der Waals surface area (Å²) in [6, 6.07) is 0. The molecule has 9 heteroatoms. The molecule has 80 valence electrons. The van der Waals surface area contributed by atoms with Crippen LogP contribution in [0.4, 0.5) is 0 Å². The Labute approximate surface area is 73.3 Å². The lowest BCUT2D eigenvalue weighted by atomic mass is 10.3. The molecule has 1 unspecified atom stereocenters. The second-order valence-electron chi connectivity index (χ2n) is 2.08. The standard InChI is InChI=1S/C4H12N2O7/c7-4(3-13-6(10)11)1-2-12-5(8)9/h4,7-11H,1-3H2. The first-order valence-corrected chi connectivity index (χ1v) is 3.32. The van der Waals surface area contributed by atoms with Crippen LogP contribution in [-0.2, 0) is 9.68 Å². The zero-order chi connectivity index (χ0) is 10.3. The highest BCUT2D eigenvalue weighted by atomic mass is 17.1. The minimum Gasteiger partial charge on any atom is -0.391 e. The summed E-state index contributed by atoms with van der Waals surface area (Å²) in [5, 5.41) is 40.2. The van der Waals surface area contributed by atoms with Gasteiger partial charge in [0, 0.05) is 6.42 Å². The summed E-state index contributed by atoms with van der Waals surface area (Å²) in [6.07, 6.45) is -0.979. The molecular formula is C4H12N2O7. The molecule has 0 radical (unpaired) electrons. The summed E-state index contributed by atoms with van der Waals surface area (Å²) in [5.41, 5.74) is 0. The van der Waals surface area contributed by atoms with Gasteiger partial charge in [-0.15, -0.1) is 0 Å². The van der Waals surface area contributed by atoms with Gasteiger partial charge in [-0.25, -0.2) is 4.84 Å². The van der Waals surface area contributed by atoms with E-state index >= 15 is 0 Å². The van der Waals surface area contributed by atoms with Crippen LogP contribution < -0.4 is 0 Å². The quantitative estimate of drug-likeness (QED) is 0.321. The number of rotatable bonds is 7. The first-order valence-electron chi connectivity index (χ1n) is 3.32. The molecule has 0 heterocycles. The Hall–Kier alpha value is -0.360. The summed E-state index contributed by atoms with van der Waals surface area (Å²) >= 11 is 0. The van der Waals surface area contributed by atoms with Crippen molar-refractivity contribution in [2.75, 3.05) is 13.2 Å². The first kappa shape index (κ1) is 12.6. The van der Waals surface area contributed by atoms with Crippen molar-refractivity contribution in [2.45, 2.75) is 12.5 Å². The molecule has 0 aromatic carbocycles. The Bertz CT molecular complexity index is 121. The van der Waals surface area contributed by atoms with Crippen molar-refractivity contribution in [1.29, 1.82) is 0 Å². The molecule has 0 aliphatic heterocycles. The molecule has 0 aliphatic carbocycles. The average Bonchev–Trinajstić information content (AvgIpc) is 2.00. The Balaban J connectivity index is 3.25. The average molecular weight is 200 g/mol. The molecule has 0 aliphatic rings. The van der Waals surface area contributed by atoms with Gasteiger partial charge >= 0.3 is 0 Å². The monoisotopic (exact) mass is 200 g/mol. The van der Waals surface area contributed by atoms with Crippen LogP contribution in [0.15, 0.2) is 0 Å². The van der Waals surface area contributed by atoms with Crippen molar-refractivity contribution in [3.8, 4) is 0 Å². The fourth-order valence-electron chi connectivity index (χ4n) is 0.506. The fourth-order valence-corrected chi connectivity index (χ4v) is 0.506. The molecular weight excluding hydrogens is 188 g/mol. The van der Waals surface area contributed by atoms with E-state index in [9.17, 15) is 0 Å². The Kier molecular flexibility index (Phi) is 6.89. The largest absolute Gasteiger partial charge is 0.391 e. The maximum atomic E-state index is 8.98. The molecule has 0 fully saturated rings. The molecule has 1 atom stereocenters. The van der Waals surface area contributed by atoms with E-state index in [1.165, 1.54) is 0 Å². The number of hydrogen-bond donors (Lipinski definition) is 5. The van der Waals surface area contributed by atoms with Crippen LogP contribution in [-0.4, -0.2) is 56.0 Å². The lowest BCUT2D eigenvalue weighted by molar-refractivity contribution is -0.499. The SMILES string of the molecule is OC(CCON(O)O)CON(O)O. The van der Waals surface area contributed by atoms with Gasteiger partial charge in [-0.1, -0.05) is 0 Å². The Morgan fingerprint density at radius 2 is 1.54 bits per heavy atom. The van der Waals surface area contributed by atoms with Gasteiger partial charge in [0.2, 0.25) is 0 Å². The molecule has 0 rings (SSSR count). The smallest absolute Gasteiger partial charge is 0.0996 e. The summed E-state index contributed by atoms with van der Waals surface area (Å²) in [7, 11) is 0. The predicted molar refractivity (Wildman–Crippen MR) is 33.4 cm³/mol. The van der Waals surface area contributed by atoms with Crippen molar-refractivity contribution in [3.63, 3.8) is 0 Å². The molecule has 0 bridgehead atoms. The van der Waals surface area contributed by atoms with E-state index in [4.69, 9.17) is 25.9 Å². The number of hydrogen-bond acceptors (Lipinski definition) is 9. The van der Waals surface area contributed by atoms with Crippen molar-refractivity contribution < 1.29 is 35.6 Å². The minimum atomic E-state index is -1.01. The zero-order valence-electron chi connectivity index (χ0n) is 6.65. The maximum Gasteiger partial charge on any atom is 0.0996 e. The lowest BCUT2D eigenvalue weighted by Gasteiger charge is -2.12. The second kappa shape index (κ2) is 7.08. The summed E-state index contributed by atoms with van der Waals surface area (Å²) in [6.45, 7) is -0.512. The van der Waals surface area contributed by atoms with E-state index in [0.29, 0.717) is 0 Å². The third-order valence-electron chi connectivity index (χ3n) is 1.04. The van der Waals surface area contributed by atoms with Gasteiger partial charge in [-0.2, -0.15) is 0 Å². The summed E-state index contributed by atoms with van der Waals surface area (Å²) in [4.78, 5) is 8.17. The van der Waals surface area contributed by atoms with Crippen LogP contribution in [0.5, 0.6) is 0 Å². The summed E-state index contributed by atoms with van der Waals surface area (Å²) in [5.74, 6) is 0. The Morgan fingerprint density at radius 3 is 2.00 bits per heavy atom. The Morgan fingerprint density at radius 1 is 1.00 bits per heavy atom. The van der Waals surface area contributed by atoms with Crippen LogP contribution in [0.2, 0.25) is 0 Å². The van der Waals surface area contributed by atoms with Crippen molar-refractivity contribution in [1.82, 2.24) is 10.8 Å². The molecule has 0 saturated heterocycles. The zero-order valence-corrected chi connectivity index (χ0v) is 6.65. The van der Waals surface area contributed by atoms with Crippen LogP contribution in [0.3, 0.4) is 0 Å². The van der Waals surface area contributed by atoms with Crippen LogP contribution >= 0.6 is 0 Å². The third kappa shape index (κ3) is 9.55. The molecule has 13 heavy (non-hydrogen) atoms. The van der Waals surface area contributed by atoms with E-state index in [1.807, 2.05) is 0 Å². The van der Waals surface area contributed by atoms with E-state index < -0.39 is 16.9 Å². The van der Waals surface area contributed by atoms with E-state index in [-0.39, 0.29) is 19.6 Å². The maximum absolute atomic E-state index is 8.98. The molecule has 0 spiro atoms. The fraction of sp³-hybridized carbons (Fsp3) is 1.00. The van der Waals surface area contributed by atoms with Gasteiger partial charge in [0.05, 0.1) is 30.1 Å². The van der Waals surface area contributed by atoms with E-state index in [0.717, 1.165) is 0 Å². The predicted octanol–water partition coefficient (Wildman–Crippen LogP) is -1.24. The third-order valence-corrected chi connectivity index (χ3v) is 1.04. The first-order chi connectivity index (χ1) is 6.02. The molecule has 5 N–H and O–H groups in total. The highest BCUT2D eigenvalue weighted by Crippen LogP contribution is 1.94. The number of aliphatic hydroxyl groups is 1. The molecule has 0 aromatic rings. The van der Waals surface area contributed by atoms with Gasteiger partial charge in [-0.05, 0) is 0 Å². The van der Waals surface area contributed by atoms with Gasteiger partial charge in [0.1, 0.15) is 0 Å². The normalized spacial score (nSPS) is 14.1. The van der Waals surface area contributed by atoms with E-state index in [1.54, 1.807) is 0 Å². The molecule has 0 saturated carbocycles. The van der Waals surface area contributed by atoms with Crippen molar-refractivity contribution in [2.24, 2.45) is 0 Å². The van der Waals surface area contributed by atoms with Gasteiger partial charge < -0.3 is 5.11 Å². The second-order valence-corrected chi connectivity index (χ2v) is 2.08. The molecule has 0 amide bonds. The number of nitrogens with zero attached hydrogens (tertiary/aromatic N) is 2. The van der Waals surface area contributed by atoms with Crippen molar-refractivity contribution in [3.05, 3.63) is 0 Å². The highest BCUT2D eigenvalue weighted by Gasteiger charge is 2.07. The number of aliphatic hydroxyl groups excluding tert-OH is 1. The molecule has 0 aromatic heterocycles. The van der Waals surface area contributed by atoms with Gasteiger partial charge in [0.25, 0.3) is 0 Å². The van der Waals surface area contributed by atoms with E-state index in [2.05, 4.69) is 9.68 Å². The molecule has 9 nitrogen and oxygen atoms in total.